The predicted octanol–water partition coefficient (Wildman–Crippen LogP) is 4.43. The van der Waals surface area contributed by atoms with Crippen LogP contribution in [0.3, 0.4) is 0 Å². The van der Waals surface area contributed by atoms with Gasteiger partial charge < -0.3 is 0 Å². The van der Waals surface area contributed by atoms with E-state index in [-0.39, 0.29) is 5.56 Å². The lowest BCUT2D eigenvalue weighted by molar-refractivity contribution is 0.639. The molecule has 4 nitrogen and oxygen atoms in total. The lowest BCUT2D eigenvalue weighted by Gasteiger charge is -2.03. The number of pyridine rings is 1. The Hall–Kier alpha value is -1.93. The van der Waals surface area contributed by atoms with Gasteiger partial charge in [-0.3, -0.25) is 9.78 Å². The smallest absolute Gasteiger partial charge is 0.267 e. The van der Waals surface area contributed by atoms with Gasteiger partial charge in [0.25, 0.3) is 5.56 Å². The van der Waals surface area contributed by atoms with E-state index < -0.39 is 0 Å². The molecule has 24 heavy (non-hydrogen) atoms. The summed E-state index contributed by atoms with van der Waals surface area (Å²) in [5.41, 5.74) is 1.26. The average Bonchev–Trinajstić information content (AvgIpc) is 2.59. The second kappa shape index (κ2) is 10.0. The normalized spacial score (nSPS) is 10.2. The van der Waals surface area contributed by atoms with Gasteiger partial charge in [0.2, 0.25) is 0 Å². The molecule has 0 unspecified atom stereocenters. The molecule has 0 radical (unpaired) electrons. The van der Waals surface area contributed by atoms with E-state index in [2.05, 4.69) is 44.8 Å². The number of nitrogens with zero attached hydrogens (tertiary/aromatic N) is 3. The maximum absolute atomic E-state index is 11.9. The van der Waals surface area contributed by atoms with Crippen LogP contribution in [0.4, 0.5) is 0 Å². The monoisotopic (exact) mass is 387 g/mol. The van der Waals surface area contributed by atoms with Crippen molar-refractivity contribution in [2.45, 2.75) is 52.0 Å². The molecule has 0 bridgehead atoms. The number of hydrogen-bond acceptors (Lipinski definition) is 3. The maximum Gasteiger partial charge on any atom is 0.267 e. The van der Waals surface area contributed by atoms with Crippen LogP contribution in [0.5, 0.6) is 0 Å². The molecule has 0 N–H and O–H groups in total. The second-order valence-electron chi connectivity index (χ2n) is 5.59. The Morgan fingerprint density at radius 2 is 1.83 bits per heavy atom. The van der Waals surface area contributed by atoms with Crippen molar-refractivity contribution in [2.24, 2.45) is 0 Å². The van der Waals surface area contributed by atoms with Crippen LogP contribution in [0.15, 0.2) is 39.7 Å². The van der Waals surface area contributed by atoms with Crippen LogP contribution in [-0.2, 0) is 6.54 Å². The first-order chi connectivity index (χ1) is 11.7. The Morgan fingerprint density at radius 1 is 1.04 bits per heavy atom. The number of rotatable bonds is 7. The minimum absolute atomic E-state index is 0.145. The molecule has 0 aliphatic rings. The summed E-state index contributed by atoms with van der Waals surface area (Å²) in [6, 6.07) is 6.97. The van der Waals surface area contributed by atoms with Gasteiger partial charge in [-0.1, -0.05) is 38.5 Å². The van der Waals surface area contributed by atoms with Crippen LogP contribution in [-0.4, -0.2) is 14.8 Å². The summed E-state index contributed by atoms with van der Waals surface area (Å²) in [4.78, 5) is 16.2. The van der Waals surface area contributed by atoms with Crippen LogP contribution in [0.25, 0.3) is 11.4 Å². The van der Waals surface area contributed by atoms with Gasteiger partial charge in [0, 0.05) is 23.2 Å². The van der Waals surface area contributed by atoms with Crippen molar-refractivity contribution in [2.75, 3.05) is 0 Å². The third kappa shape index (κ3) is 5.93. The number of hydrogen-bond donors (Lipinski definition) is 0. The zero-order chi connectivity index (χ0) is 17.2. The molecule has 0 aliphatic heterocycles. The Bertz CT molecular complexity index is 757. The van der Waals surface area contributed by atoms with Crippen molar-refractivity contribution in [3.63, 3.8) is 0 Å². The molecule has 5 heteroatoms. The number of aromatic nitrogens is 3. The molecule has 126 valence electrons. The topological polar surface area (TPSA) is 47.8 Å². The van der Waals surface area contributed by atoms with E-state index in [1.807, 2.05) is 12.1 Å². The average molecular weight is 388 g/mol. The molecule has 0 aromatic carbocycles. The third-order valence-corrected chi connectivity index (χ3v) is 4.08. The molecule has 2 aromatic rings. The first-order valence-corrected chi connectivity index (χ1v) is 9.16. The summed E-state index contributed by atoms with van der Waals surface area (Å²) in [5, 5.41) is 4.35. The van der Waals surface area contributed by atoms with Crippen molar-refractivity contribution < 1.29 is 0 Å². The van der Waals surface area contributed by atoms with Crippen LogP contribution in [0, 0.1) is 11.8 Å². The fourth-order valence-corrected chi connectivity index (χ4v) is 2.50. The lowest BCUT2D eigenvalue weighted by atomic mass is 10.1. The largest absolute Gasteiger partial charge is 0.268 e. The van der Waals surface area contributed by atoms with Crippen molar-refractivity contribution in [3.05, 3.63) is 45.3 Å². The Morgan fingerprint density at radius 3 is 2.58 bits per heavy atom. The molecule has 2 aromatic heterocycles. The van der Waals surface area contributed by atoms with Crippen LogP contribution >= 0.6 is 15.9 Å². The second-order valence-corrected chi connectivity index (χ2v) is 6.51. The number of halogens is 1. The zero-order valence-electron chi connectivity index (χ0n) is 14.0. The summed E-state index contributed by atoms with van der Waals surface area (Å²) in [5.74, 6) is 6.18. The Labute approximate surface area is 151 Å². The fraction of sp³-hybridized carbons (Fsp3) is 0.421. The van der Waals surface area contributed by atoms with Crippen LogP contribution in [0.2, 0.25) is 0 Å². The molecular formula is C19H22BrN3O. The summed E-state index contributed by atoms with van der Waals surface area (Å²) in [6.07, 6.45) is 8.77. The third-order valence-electron chi connectivity index (χ3n) is 3.62. The zero-order valence-corrected chi connectivity index (χ0v) is 15.6. The highest BCUT2D eigenvalue weighted by Crippen LogP contribution is 2.15. The summed E-state index contributed by atoms with van der Waals surface area (Å²) in [6.45, 7) is 2.53. The molecule has 0 amide bonds. The van der Waals surface area contributed by atoms with Gasteiger partial charge in [-0.15, -0.1) is 5.92 Å². The fourth-order valence-electron chi connectivity index (χ4n) is 2.26. The van der Waals surface area contributed by atoms with E-state index in [0.29, 0.717) is 12.2 Å². The molecule has 0 fully saturated rings. The van der Waals surface area contributed by atoms with Gasteiger partial charge >= 0.3 is 0 Å². The van der Waals surface area contributed by atoms with Crippen molar-refractivity contribution in [1.82, 2.24) is 14.8 Å². The van der Waals surface area contributed by atoms with E-state index >= 15 is 0 Å². The molecule has 2 heterocycles. The van der Waals surface area contributed by atoms with E-state index in [4.69, 9.17) is 0 Å². The van der Waals surface area contributed by atoms with E-state index in [0.717, 1.165) is 23.0 Å². The first-order valence-electron chi connectivity index (χ1n) is 8.36. The highest BCUT2D eigenvalue weighted by molar-refractivity contribution is 9.10. The van der Waals surface area contributed by atoms with Gasteiger partial charge in [0.15, 0.2) is 0 Å². The van der Waals surface area contributed by atoms with E-state index in [1.165, 1.54) is 36.4 Å². The minimum Gasteiger partial charge on any atom is -0.268 e. The molecule has 0 spiro atoms. The Kier molecular flexibility index (Phi) is 7.70. The maximum atomic E-state index is 11.9. The molecule has 0 saturated carbocycles. The predicted molar refractivity (Wildman–Crippen MR) is 101 cm³/mol. The van der Waals surface area contributed by atoms with Gasteiger partial charge in [-0.2, -0.15) is 5.10 Å². The van der Waals surface area contributed by atoms with Crippen molar-refractivity contribution in [1.29, 1.82) is 0 Å². The highest BCUT2D eigenvalue weighted by Gasteiger charge is 2.03. The minimum atomic E-state index is -0.145. The van der Waals surface area contributed by atoms with Gasteiger partial charge in [0.05, 0.1) is 5.69 Å². The first kappa shape index (κ1) is 18.4. The van der Waals surface area contributed by atoms with Crippen LogP contribution in [0.1, 0.15) is 45.4 Å². The SMILES string of the molecule is CCCCCCCC#CCn1nc(-c2ccc(Br)cn2)ccc1=O. The molecular weight excluding hydrogens is 366 g/mol. The molecule has 0 atom stereocenters. The Balaban J connectivity index is 1.95. The van der Waals surface area contributed by atoms with E-state index in [1.54, 1.807) is 12.3 Å². The van der Waals surface area contributed by atoms with Gasteiger partial charge in [0.1, 0.15) is 12.2 Å². The molecule has 0 saturated heterocycles. The molecule has 2 rings (SSSR count). The van der Waals surface area contributed by atoms with Gasteiger partial charge in [-0.05, 0) is 40.5 Å². The van der Waals surface area contributed by atoms with Crippen molar-refractivity contribution in [3.8, 4) is 23.2 Å². The van der Waals surface area contributed by atoms with E-state index in [9.17, 15) is 4.79 Å². The summed E-state index contributed by atoms with van der Waals surface area (Å²) < 4.78 is 2.30. The van der Waals surface area contributed by atoms with Gasteiger partial charge in [-0.25, -0.2) is 4.68 Å². The lowest BCUT2D eigenvalue weighted by Crippen LogP contribution is -2.21. The standard InChI is InChI=1S/C19H22BrN3O/c1-2-3-4-5-6-7-8-9-14-23-19(24)13-12-18(22-23)17-11-10-16(20)15-21-17/h10-13,15H,2-7,14H2,1H3. The summed E-state index contributed by atoms with van der Waals surface area (Å²) in [7, 11) is 0. The quantitative estimate of drug-likeness (QED) is 0.521. The summed E-state index contributed by atoms with van der Waals surface area (Å²) >= 11 is 3.36. The van der Waals surface area contributed by atoms with Crippen molar-refractivity contribution >= 4 is 15.9 Å². The van der Waals surface area contributed by atoms with Crippen LogP contribution < -0.4 is 5.56 Å². The highest BCUT2D eigenvalue weighted by atomic mass is 79.9. The number of unbranched alkanes of at least 4 members (excludes halogenated alkanes) is 5. The molecule has 0 aliphatic carbocycles.